The molecule has 5 nitrogen and oxygen atoms in total. The van der Waals surface area contributed by atoms with E-state index in [0.717, 1.165) is 31.6 Å². The van der Waals surface area contributed by atoms with E-state index in [1.54, 1.807) is 0 Å². The summed E-state index contributed by atoms with van der Waals surface area (Å²) in [6.07, 6.45) is 7.53. The molecule has 1 heterocycles. The van der Waals surface area contributed by atoms with Crippen LogP contribution in [-0.4, -0.2) is 28.8 Å². The molecule has 2 saturated carbocycles. The van der Waals surface area contributed by atoms with Crippen LogP contribution in [0.25, 0.3) is 0 Å². The molecule has 3 aliphatic rings. The summed E-state index contributed by atoms with van der Waals surface area (Å²) in [5.41, 5.74) is -0.895. The lowest BCUT2D eigenvalue weighted by atomic mass is 9.82. The van der Waals surface area contributed by atoms with Gasteiger partial charge in [-0.3, -0.25) is 19.8 Å². The van der Waals surface area contributed by atoms with E-state index in [2.05, 4.69) is 12.2 Å². The average Bonchev–Trinajstić information content (AvgIpc) is 3.21. The molecule has 110 valence electrons. The maximum atomic E-state index is 12.5. The smallest absolute Gasteiger partial charge is 0.277 e. The predicted octanol–water partition coefficient (Wildman–Crippen LogP) is 2.20. The molecule has 1 N–H and O–H groups in total. The first-order chi connectivity index (χ1) is 9.58. The fourth-order valence-corrected chi connectivity index (χ4v) is 3.69. The molecule has 5 heteroatoms. The van der Waals surface area contributed by atoms with E-state index < -0.39 is 11.4 Å². The molecule has 0 bridgehead atoms. The number of hydrogen-bond acceptors (Lipinski definition) is 3. The predicted molar refractivity (Wildman–Crippen MR) is 72.7 cm³/mol. The van der Waals surface area contributed by atoms with Crippen LogP contribution in [0.5, 0.6) is 0 Å². The third-order valence-corrected chi connectivity index (χ3v) is 5.13. The van der Waals surface area contributed by atoms with Crippen molar-refractivity contribution in [3.63, 3.8) is 0 Å². The van der Waals surface area contributed by atoms with Crippen molar-refractivity contribution in [1.29, 1.82) is 0 Å². The van der Waals surface area contributed by atoms with Crippen molar-refractivity contribution in [2.75, 3.05) is 0 Å². The lowest BCUT2D eigenvalue weighted by molar-refractivity contribution is -0.146. The standard InChI is InChI=1S/C15H22N2O3/c1-2-3-10-4-6-11(7-5-10)17-13(19)15(8-9-15)12(18)16-14(17)20/h10-11H,2-9H2,1H3,(H,16,18,20). The van der Waals surface area contributed by atoms with Gasteiger partial charge in [-0.1, -0.05) is 19.8 Å². The van der Waals surface area contributed by atoms with Gasteiger partial charge in [-0.25, -0.2) is 4.79 Å². The first kappa shape index (κ1) is 13.6. The lowest BCUT2D eigenvalue weighted by Gasteiger charge is -2.39. The SMILES string of the molecule is CCCC1CCC(N2C(=O)NC(=O)C3(CC3)C2=O)CC1. The van der Waals surface area contributed by atoms with E-state index in [1.165, 1.54) is 17.7 Å². The van der Waals surface area contributed by atoms with E-state index in [-0.39, 0.29) is 17.9 Å². The highest BCUT2D eigenvalue weighted by atomic mass is 16.2. The quantitative estimate of drug-likeness (QED) is 0.805. The van der Waals surface area contributed by atoms with Gasteiger partial charge in [-0.15, -0.1) is 0 Å². The van der Waals surface area contributed by atoms with E-state index >= 15 is 0 Å². The highest BCUT2D eigenvalue weighted by Gasteiger charge is 2.63. The molecule has 3 rings (SSSR count). The van der Waals surface area contributed by atoms with Gasteiger partial charge >= 0.3 is 6.03 Å². The van der Waals surface area contributed by atoms with Gasteiger partial charge in [0.1, 0.15) is 5.41 Å². The van der Waals surface area contributed by atoms with E-state index in [9.17, 15) is 14.4 Å². The number of carbonyl (C=O) groups is 3. The van der Waals surface area contributed by atoms with Gasteiger partial charge in [0, 0.05) is 6.04 Å². The molecule has 0 unspecified atom stereocenters. The lowest BCUT2D eigenvalue weighted by Crippen LogP contribution is -2.62. The third kappa shape index (κ3) is 2.03. The molecule has 4 amide bonds. The van der Waals surface area contributed by atoms with Gasteiger partial charge in [-0.05, 0) is 44.4 Å². The van der Waals surface area contributed by atoms with Gasteiger partial charge in [0.15, 0.2) is 0 Å². The van der Waals surface area contributed by atoms with Crippen molar-refractivity contribution < 1.29 is 14.4 Å². The van der Waals surface area contributed by atoms with Crippen LogP contribution in [0.1, 0.15) is 58.3 Å². The van der Waals surface area contributed by atoms with Crippen molar-refractivity contribution in [3.8, 4) is 0 Å². The number of imide groups is 2. The van der Waals surface area contributed by atoms with E-state index in [4.69, 9.17) is 0 Å². The molecule has 0 radical (unpaired) electrons. The van der Waals surface area contributed by atoms with E-state index in [0.29, 0.717) is 12.8 Å². The number of nitrogens with one attached hydrogen (secondary N) is 1. The van der Waals surface area contributed by atoms with Crippen molar-refractivity contribution in [2.24, 2.45) is 11.3 Å². The topological polar surface area (TPSA) is 66.5 Å². The van der Waals surface area contributed by atoms with Gasteiger partial charge in [0.2, 0.25) is 11.8 Å². The summed E-state index contributed by atoms with van der Waals surface area (Å²) in [4.78, 5) is 37.6. The molecule has 1 spiro atoms. The highest BCUT2D eigenvalue weighted by molar-refractivity contribution is 6.21. The molecule has 2 aliphatic carbocycles. The van der Waals surface area contributed by atoms with Crippen LogP contribution in [0.4, 0.5) is 4.79 Å². The molecule has 1 saturated heterocycles. The zero-order chi connectivity index (χ0) is 14.3. The fourth-order valence-electron chi connectivity index (χ4n) is 3.69. The third-order valence-electron chi connectivity index (χ3n) is 5.13. The Balaban J connectivity index is 1.69. The number of amides is 4. The zero-order valence-electron chi connectivity index (χ0n) is 12.0. The van der Waals surface area contributed by atoms with Crippen LogP contribution in [0.3, 0.4) is 0 Å². The Morgan fingerprint density at radius 3 is 2.35 bits per heavy atom. The van der Waals surface area contributed by atoms with Gasteiger partial charge in [0.05, 0.1) is 0 Å². The number of urea groups is 1. The Hall–Kier alpha value is -1.39. The van der Waals surface area contributed by atoms with Crippen molar-refractivity contribution >= 4 is 17.8 Å². The Morgan fingerprint density at radius 2 is 1.80 bits per heavy atom. The van der Waals surface area contributed by atoms with E-state index in [1.807, 2.05) is 0 Å². The van der Waals surface area contributed by atoms with Crippen LogP contribution >= 0.6 is 0 Å². The summed E-state index contributed by atoms with van der Waals surface area (Å²) < 4.78 is 0. The van der Waals surface area contributed by atoms with Crippen molar-refractivity contribution in [2.45, 2.75) is 64.3 Å². The molecule has 0 atom stereocenters. The molecule has 20 heavy (non-hydrogen) atoms. The Bertz CT molecular complexity index is 448. The molecule has 0 aromatic heterocycles. The second-order valence-corrected chi connectivity index (χ2v) is 6.48. The fraction of sp³-hybridized carbons (Fsp3) is 0.800. The second-order valence-electron chi connectivity index (χ2n) is 6.48. The summed E-state index contributed by atoms with van der Waals surface area (Å²) in [5, 5.41) is 2.37. The minimum Gasteiger partial charge on any atom is -0.277 e. The minimum atomic E-state index is -0.895. The number of rotatable bonds is 3. The number of carbonyl (C=O) groups excluding carboxylic acids is 3. The van der Waals surface area contributed by atoms with Gasteiger partial charge in [0.25, 0.3) is 0 Å². The first-order valence-electron chi connectivity index (χ1n) is 7.77. The molecule has 1 aliphatic heterocycles. The molecule has 0 aromatic rings. The normalized spacial score (nSPS) is 32.5. The van der Waals surface area contributed by atoms with Crippen LogP contribution in [0.15, 0.2) is 0 Å². The average molecular weight is 278 g/mol. The molecular weight excluding hydrogens is 256 g/mol. The van der Waals surface area contributed by atoms with Gasteiger partial charge < -0.3 is 0 Å². The number of hydrogen-bond donors (Lipinski definition) is 1. The van der Waals surface area contributed by atoms with Crippen molar-refractivity contribution in [3.05, 3.63) is 0 Å². The summed E-state index contributed by atoms with van der Waals surface area (Å²) in [5.74, 6) is 0.101. The largest absolute Gasteiger partial charge is 0.331 e. The summed E-state index contributed by atoms with van der Waals surface area (Å²) in [6, 6.07) is -0.516. The molecular formula is C15H22N2O3. The summed E-state index contributed by atoms with van der Waals surface area (Å²) in [7, 11) is 0. The maximum Gasteiger partial charge on any atom is 0.331 e. The monoisotopic (exact) mass is 278 g/mol. The summed E-state index contributed by atoms with van der Waals surface area (Å²) in [6.45, 7) is 2.19. The zero-order valence-corrected chi connectivity index (χ0v) is 12.0. The molecule has 3 fully saturated rings. The maximum absolute atomic E-state index is 12.5. The highest BCUT2D eigenvalue weighted by Crippen LogP contribution is 2.50. The van der Waals surface area contributed by atoms with Gasteiger partial charge in [-0.2, -0.15) is 0 Å². The first-order valence-corrected chi connectivity index (χ1v) is 7.77. The van der Waals surface area contributed by atoms with Crippen LogP contribution < -0.4 is 5.32 Å². The van der Waals surface area contributed by atoms with Crippen LogP contribution in [-0.2, 0) is 9.59 Å². The Kier molecular flexibility index (Phi) is 3.30. The number of nitrogens with zero attached hydrogens (tertiary/aromatic N) is 1. The molecule has 0 aromatic carbocycles. The minimum absolute atomic E-state index is 0.0128. The Morgan fingerprint density at radius 1 is 1.15 bits per heavy atom. The van der Waals surface area contributed by atoms with Crippen LogP contribution in [0, 0.1) is 11.3 Å². The van der Waals surface area contributed by atoms with Crippen LogP contribution in [0.2, 0.25) is 0 Å². The summed E-state index contributed by atoms with van der Waals surface area (Å²) >= 11 is 0. The second kappa shape index (κ2) is 4.86. The number of barbiturate groups is 1. The van der Waals surface area contributed by atoms with Crippen molar-refractivity contribution in [1.82, 2.24) is 10.2 Å². The Labute approximate surface area is 119 Å².